The number of halogens is 3. The molecule has 0 unspecified atom stereocenters. The Bertz CT molecular complexity index is 1620. The van der Waals surface area contributed by atoms with Gasteiger partial charge in [-0.3, -0.25) is 9.69 Å². The maximum Gasteiger partial charge on any atom is 0.416 e. The average molecular weight is 595 g/mol. The Balaban J connectivity index is 1.38. The molecule has 10 nitrogen and oxygen atoms in total. The molecule has 3 heterocycles. The van der Waals surface area contributed by atoms with E-state index in [2.05, 4.69) is 31.0 Å². The van der Waals surface area contributed by atoms with Gasteiger partial charge in [0.25, 0.3) is 5.91 Å². The molecule has 0 saturated carbocycles. The van der Waals surface area contributed by atoms with E-state index in [0.717, 1.165) is 36.2 Å². The molecule has 0 aliphatic carbocycles. The number of ether oxygens (including phenoxy) is 1. The molecule has 4 aromatic rings. The molecule has 3 N–H and O–H groups in total. The summed E-state index contributed by atoms with van der Waals surface area (Å²) in [6.07, 6.45) is -1.62. The zero-order valence-corrected chi connectivity index (χ0v) is 24.3. The molecule has 5 rings (SSSR count). The molecular weight excluding hydrogens is 561 g/mol. The Morgan fingerprint density at radius 3 is 2.65 bits per heavy atom. The fraction of sp³-hybridized carbons (Fsp3) is 0.333. The average Bonchev–Trinajstić information content (AvgIpc) is 3.64. The highest BCUT2D eigenvalue weighted by Crippen LogP contribution is 2.32. The number of hydrogen-bond donors (Lipinski definition) is 3. The Labute approximate surface area is 247 Å². The van der Waals surface area contributed by atoms with Gasteiger partial charge in [-0.2, -0.15) is 23.0 Å². The minimum Gasteiger partial charge on any atom is -0.373 e. The number of alkyl halides is 3. The number of nitrogens with zero attached hydrogens (tertiary/aromatic N) is 5. The van der Waals surface area contributed by atoms with Gasteiger partial charge in [0, 0.05) is 49.3 Å². The summed E-state index contributed by atoms with van der Waals surface area (Å²) in [4.78, 5) is 23.6. The Hall–Kier alpha value is -4.49. The van der Waals surface area contributed by atoms with Crippen molar-refractivity contribution in [2.24, 2.45) is 0 Å². The van der Waals surface area contributed by atoms with Crippen LogP contribution in [0.1, 0.15) is 45.6 Å². The zero-order valence-electron chi connectivity index (χ0n) is 24.3. The van der Waals surface area contributed by atoms with Gasteiger partial charge in [0.05, 0.1) is 11.3 Å². The van der Waals surface area contributed by atoms with Gasteiger partial charge in [-0.25, -0.2) is 9.97 Å². The molecule has 2 aromatic heterocycles. The normalized spacial score (nSPS) is 15.1. The first-order chi connectivity index (χ1) is 20.5. The van der Waals surface area contributed by atoms with Crippen molar-refractivity contribution in [3.8, 4) is 5.82 Å². The molecule has 1 atom stereocenters. The highest BCUT2D eigenvalue weighted by atomic mass is 19.4. The third-order valence-electron chi connectivity index (χ3n) is 7.13. The zero-order chi connectivity index (χ0) is 30.7. The van der Waals surface area contributed by atoms with Gasteiger partial charge in [0.1, 0.15) is 24.2 Å². The second kappa shape index (κ2) is 12.4. The standard InChI is InChI=1S/C30H33F3N8O2/c1-18-7-8-23(14-24(18)38-27-10-19(2)39-41(27)26-15-25(34-3)35-17-36-26)37-29(42)21-11-20(12-22(13-21)30(31,32)33)16-40(4)28-6-5-9-43-28/h7-8,10-15,17,28,38H,5-6,9,16H2,1-4H3,(H,37,42)(H,34,35,36)/t28-/m1/s1. The highest BCUT2D eigenvalue weighted by molar-refractivity contribution is 6.04. The minimum absolute atomic E-state index is 0.0848. The number of rotatable bonds is 9. The van der Waals surface area contributed by atoms with Gasteiger partial charge in [-0.15, -0.1) is 0 Å². The van der Waals surface area contributed by atoms with Gasteiger partial charge < -0.3 is 20.7 Å². The minimum atomic E-state index is -4.60. The SMILES string of the molecule is CNc1cc(-n2nc(C)cc2Nc2cc(NC(=O)c3cc(CN(C)[C@H]4CCCO4)cc(C(F)(F)F)c3)ccc2C)ncn1. The van der Waals surface area contributed by atoms with Crippen molar-refractivity contribution in [1.82, 2.24) is 24.6 Å². The number of hydrogen-bond acceptors (Lipinski definition) is 8. The first-order valence-corrected chi connectivity index (χ1v) is 13.8. The molecule has 13 heteroatoms. The van der Waals surface area contributed by atoms with Crippen LogP contribution < -0.4 is 16.0 Å². The van der Waals surface area contributed by atoms with E-state index in [-0.39, 0.29) is 18.3 Å². The fourth-order valence-electron chi connectivity index (χ4n) is 4.91. The summed E-state index contributed by atoms with van der Waals surface area (Å²) >= 11 is 0. The van der Waals surface area contributed by atoms with E-state index < -0.39 is 17.6 Å². The molecule has 1 fully saturated rings. The lowest BCUT2D eigenvalue weighted by atomic mass is 10.0. The maximum atomic E-state index is 13.8. The summed E-state index contributed by atoms with van der Waals surface area (Å²) in [7, 11) is 3.56. The summed E-state index contributed by atoms with van der Waals surface area (Å²) in [5.41, 5.74) is 2.12. The molecule has 0 bridgehead atoms. The summed E-state index contributed by atoms with van der Waals surface area (Å²) < 4.78 is 48.6. The monoisotopic (exact) mass is 594 g/mol. The lowest BCUT2D eigenvalue weighted by Crippen LogP contribution is -2.30. The van der Waals surface area contributed by atoms with Crippen LogP contribution in [0.15, 0.2) is 54.9 Å². The molecule has 0 spiro atoms. The second-order valence-corrected chi connectivity index (χ2v) is 10.5. The van der Waals surface area contributed by atoms with Gasteiger partial charge >= 0.3 is 6.18 Å². The van der Waals surface area contributed by atoms with E-state index in [9.17, 15) is 18.0 Å². The van der Waals surface area contributed by atoms with Crippen LogP contribution in [0.5, 0.6) is 0 Å². The van der Waals surface area contributed by atoms with E-state index in [1.807, 2.05) is 30.9 Å². The second-order valence-electron chi connectivity index (χ2n) is 10.5. The van der Waals surface area contributed by atoms with Crippen LogP contribution in [0, 0.1) is 13.8 Å². The van der Waals surface area contributed by atoms with Crippen LogP contribution in [0.2, 0.25) is 0 Å². The largest absolute Gasteiger partial charge is 0.416 e. The lowest BCUT2D eigenvalue weighted by Gasteiger charge is -2.24. The number of carbonyl (C=O) groups excluding carboxylic acids is 1. The highest BCUT2D eigenvalue weighted by Gasteiger charge is 2.32. The van der Waals surface area contributed by atoms with Crippen LogP contribution in [-0.4, -0.2) is 57.5 Å². The van der Waals surface area contributed by atoms with Crippen LogP contribution in [-0.2, 0) is 17.5 Å². The summed E-state index contributed by atoms with van der Waals surface area (Å²) in [5, 5.41) is 13.6. The molecule has 0 radical (unpaired) electrons. The number of amides is 1. The molecule has 1 saturated heterocycles. The van der Waals surface area contributed by atoms with Gasteiger partial charge in [-0.1, -0.05) is 6.07 Å². The van der Waals surface area contributed by atoms with Crippen molar-refractivity contribution in [3.63, 3.8) is 0 Å². The predicted molar refractivity (Wildman–Crippen MR) is 158 cm³/mol. The predicted octanol–water partition coefficient (Wildman–Crippen LogP) is 5.90. The van der Waals surface area contributed by atoms with E-state index in [0.29, 0.717) is 41.0 Å². The number of benzene rings is 2. The lowest BCUT2D eigenvalue weighted by molar-refractivity contribution is -0.137. The summed E-state index contributed by atoms with van der Waals surface area (Å²) in [6, 6.07) is 12.3. The molecule has 226 valence electrons. The Morgan fingerprint density at radius 2 is 1.93 bits per heavy atom. The molecule has 43 heavy (non-hydrogen) atoms. The summed E-state index contributed by atoms with van der Waals surface area (Å²) in [5.74, 6) is 1.15. The number of aromatic nitrogens is 4. The Morgan fingerprint density at radius 1 is 1.12 bits per heavy atom. The van der Waals surface area contributed by atoms with Crippen LogP contribution in [0.25, 0.3) is 5.82 Å². The van der Waals surface area contributed by atoms with Gasteiger partial charge in [0.15, 0.2) is 5.82 Å². The van der Waals surface area contributed by atoms with Crippen molar-refractivity contribution < 1.29 is 22.7 Å². The smallest absolute Gasteiger partial charge is 0.373 e. The summed E-state index contributed by atoms with van der Waals surface area (Å²) in [6.45, 7) is 4.59. The number of carbonyl (C=O) groups is 1. The number of aryl methyl sites for hydroxylation is 2. The van der Waals surface area contributed by atoms with Crippen molar-refractivity contribution in [2.75, 3.05) is 36.7 Å². The van der Waals surface area contributed by atoms with Crippen molar-refractivity contribution in [2.45, 2.75) is 45.6 Å². The third-order valence-corrected chi connectivity index (χ3v) is 7.13. The van der Waals surface area contributed by atoms with Crippen molar-refractivity contribution in [1.29, 1.82) is 0 Å². The van der Waals surface area contributed by atoms with Crippen LogP contribution in [0.3, 0.4) is 0 Å². The van der Waals surface area contributed by atoms with Gasteiger partial charge in [-0.05, 0) is 75.2 Å². The molecule has 1 aliphatic rings. The van der Waals surface area contributed by atoms with Crippen LogP contribution >= 0.6 is 0 Å². The maximum absolute atomic E-state index is 13.8. The van der Waals surface area contributed by atoms with E-state index in [1.165, 1.54) is 12.4 Å². The van der Waals surface area contributed by atoms with E-state index >= 15 is 0 Å². The molecule has 1 aliphatic heterocycles. The topological polar surface area (TPSA) is 109 Å². The van der Waals surface area contributed by atoms with E-state index in [1.54, 1.807) is 37.0 Å². The van der Waals surface area contributed by atoms with Crippen LogP contribution in [0.4, 0.5) is 36.2 Å². The number of nitrogens with one attached hydrogen (secondary N) is 3. The van der Waals surface area contributed by atoms with Crippen molar-refractivity contribution in [3.05, 3.63) is 82.8 Å². The third kappa shape index (κ3) is 7.12. The quantitative estimate of drug-likeness (QED) is 0.220. The first kappa shape index (κ1) is 30.0. The van der Waals surface area contributed by atoms with E-state index in [4.69, 9.17) is 4.74 Å². The molecule has 1 amide bonds. The first-order valence-electron chi connectivity index (χ1n) is 13.8. The van der Waals surface area contributed by atoms with Gasteiger partial charge in [0.2, 0.25) is 0 Å². The fourth-order valence-corrected chi connectivity index (χ4v) is 4.91. The Kier molecular flexibility index (Phi) is 8.64. The van der Waals surface area contributed by atoms with Crippen molar-refractivity contribution >= 4 is 28.9 Å². The molecular formula is C30H33F3N8O2. The number of anilines is 4. The molecule has 2 aromatic carbocycles.